The van der Waals surface area contributed by atoms with Crippen molar-refractivity contribution in [2.75, 3.05) is 32.7 Å². The summed E-state index contributed by atoms with van der Waals surface area (Å²) in [5.74, 6) is -0.388. The molecular weight excluding hydrogens is 342 g/mol. The molecule has 0 aliphatic carbocycles. The second kappa shape index (κ2) is 7.53. The fourth-order valence-electron chi connectivity index (χ4n) is 2.45. The van der Waals surface area contributed by atoms with Crippen molar-refractivity contribution >= 4 is 21.8 Å². The van der Waals surface area contributed by atoms with Gasteiger partial charge in [-0.1, -0.05) is 39.0 Å². The van der Waals surface area contributed by atoms with Crippen molar-refractivity contribution in [3.05, 3.63) is 30.3 Å². The lowest BCUT2D eigenvalue weighted by molar-refractivity contribution is -0.135. The molecule has 0 radical (unpaired) electrons. The van der Waals surface area contributed by atoms with Crippen molar-refractivity contribution in [1.82, 2.24) is 14.5 Å². The molecule has 1 N–H and O–H groups in total. The van der Waals surface area contributed by atoms with E-state index in [2.05, 4.69) is 5.32 Å². The molecule has 2 amide bonds. The van der Waals surface area contributed by atoms with Gasteiger partial charge in [0.25, 0.3) is 0 Å². The molecule has 1 heterocycles. The van der Waals surface area contributed by atoms with Crippen LogP contribution >= 0.6 is 0 Å². The molecule has 7 nitrogen and oxygen atoms in total. The van der Waals surface area contributed by atoms with Gasteiger partial charge in [0, 0.05) is 31.6 Å². The summed E-state index contributed by atoms with van der Waals surface area (Å²) in [6.45, 7) is 6.39. The molecule has 0 atom stereocenters. The summed E-state index contributed by atoms with van der Waals surface area (Å²) in [4.78, 5) is 25.9. The molecular formula is C17H25N3O4S. The van der Waals surface area contributed by atoms with Gasteiger partial charge in [0.15, 0.2) is 0 Å². The Morgan fingerprint density at radius 1 is 1.04 bits per heavy atom. The smallest absolute Gasteiger partial charge is 0.243 e. The number of nitrogens with zero attached hydrogens (tertiary/aromatic N) is 2. The van der Waals surface area contributed by atoms with Gasteiger partial charge in [-0.2, -0.15) is 4.31 Å². The van der Waals surface area contributed by atoms with Crippen LogP contribution in [0.25, 0.3) is 0 Å². The lowest BCUT2D eigenvalue weighted by atomic mass is 9.96. The van der Waals surface area contributed by atoms with Gasteiger partial charge in [-0.15, -0.1) is 0 Å². The predicted octanol–water partition coefficient (Wildman–Crippen LogP) is 0.682. The molecule has 0 bridgehead atoms. The minimum absolute atomic E-state index is 0.0679. The Morgan fingerprint density at radius 3 is 2.12 bits per heavy atom. The maximum Gasteiger partial charge on any atom is 0.243 e. The van der Waals surface area contributed by atoms with Crippen molar-refractivity contribution in [3.8, 4) is 0 Å². The fraction of sp³-hybridized carbons (Fsp3) is 0.529. The van der Waals surface area contributed by atoms with E-state index in [-0.39, 0.29) is 36.3 Å². The van der Waals surface area contributed by atoms with E-state index in [1.807, 2.05) is 0 Å². The summed E-state index contributed by atoms with van der Waals surface area (Å²) >= 11 is 0. The Bertz CT molecular complexity index is 718. The first-order valence-electron chi connectivity index (χ1n) is 8.23. The average Bonchev–Trinajstić information content (AvgIpc) is 2.59. The van der Waals surface area contributed by atoms with E-state index in [1.54, 1.807) is 56.0 Å². The van der Waals surface area contributed by atoms with Crippen molar-refractivity contribution in [2.24, 2.45) is 5.41 Å². The first-order chi connectivity index (χ1) is 11.6. The van der Waals surface area contributed by atoms with E-state index in [4.69, 9.17) is 0 Å². The van der Waals surface area contributed by atoms with Crippen molar-refractivity contribution in [3.63, 3.8) is 0 Å². The highest BCUT2D eigenvalue weighted by molar-refractivity contribution is 7.89. The molecule has 0 unspecified atom stereocenters. The fourth-order valence-corrected chi connectivity index (χ4v) is 3.90. The van der Waals surface area contributed by atoms with Gasteiger partial charge < -0.3 is 10.2 Å². The molecule has 2 rings (SSSR count). The lowest BCUT2D eigenvalue weighted by Crippen LogP contribution is -2.53. The quantitative estimate of drug-likeness (QED) is 0.848. The summed E-state index contributed by atoms with van der Waals surface area (Å²) in [5, 5.41) is 2.62. The first-order valence-corrected chi connectivity index (χ1v) is 9.67. The van der Waals surface area contributed by atoms with Crippen LogP contribution in [0.1, 0.15) is 20.8 Å². The molecule has 1 aliphatic rings. The highest BCUT2D eigenvalue weighted by Crippen LogP contribution is 2.17. The highest BCUT2D eigenvalue weighted by atomic mass is 32.2. The topological polar surface area (TPSA) is 86.8 Å². The second-order valence-electron chi connectivity index (χ2n) is 7.03. The second-order valence-corrected chi connectivity index (χ2v) is 8.97. The highest BCUT2D eigenvalue weighted by Gasteiger charge is 2.30. The van der Waals surface area contributed by atoms with E-state index >= 15 is 0 Å². The monoisotopic (exact) mass is 367 g/mol. The van der Waals surface area contributed by atoms with Gasteiger partial charge in [0.1, 0.15) is 0 Å². The molecule has 138 valence electrons. The minimum Gasteiger partial charge on any atom is -0.347 e. The minimum atomic E-state index is -3.53. The number of carbonyl (C=O) groups is 2. The van der Waals surface area contributed by atoms with E-state index in [0.29, 0.717) is 13.1 Å². The molecule has 0 saturated carbocycles. The molecule has 1 aromatic rings. The summed E-state index contributed by atoms with van der Waals surface area (Å²) in [7, 11) is -3.53. The number of carbonyl (C=O) groups excluding carboxylic acids is 2. The zero-order valence-corrected chi connectivity index (χ0v) is 15.7. The Balaban J connectivity index is 1.89. The van der Waals surface area contributed by atoms with E-state index in [0.717, 1.165) is 0 Å². The van der Waals surface area contributed by atoms with E-state index in [1.165, 1.54) is 4.31 Å². The first kappa shape index (κ1) is 19.4. The standard InChI is InChI=1S/C17H25N3O4S/c1-17(2,3)16(22)18-13-15(21)19-9-11-20(12-10-19)25(23,24)14-7-5-4-6-8-14/h4-8H,9-13H2,1-3H3,(H,18,22). The Labute approximate surface area is 149 Å². The van der Waals surface area contributed by atoms with Gasteiger partial charge in [-0.25, -0.2) is 8.42 Å². The third-order valence-corrected chi connectivity index (χ3v) is 5.97. The normalized spacial score (nSPS) is 16.5. The summed E-state index contributed by atoms with van der Waals surface area (Å²) in [5.41, 5.74) is -0.553. The van der Waals surface area contributed by atoms with Crippen LogP contribution in [0, 0.1) is 5.41 Å². The van der Waals surface area contributed by atoms with Crippen LogP contribution in [0.5, 0.6) is 0 Å². The zero-order valence-electron chi connectivity index (χ0n) is 14.9. The van der Waals surface area contributed by atoms with Crippen LogP contribution in [0.2, 0.25) is 0 Å². The number of amides is 2. The number of rotatable bonds is 4. The van der Waals surface area contributed by atoms with Gasteiger partial charge >= 0.3 is 0 Å². The van der Waals surface area contributed by atoms with Crippen molar-refractivity contribution in [2.45, 2.75) is 25.7 Å². The molecule has 1 aliphatic heterocycles. The van der Waals surface area contributed by atoms with Crippen LogP contribution < -0.4 is 5.32 Å². The third kappa shape index (κ3) is 4.79. The van der Waals surface area contributed by atoms with Crippen LogP contribution in [0.4, 0.5) is 0 Å². The Hall–Kier alpha value is -1.93. The average molecular weight is 367 g/mol. The lowest BCUT2D eigenvalue weighted by Gasteiger charge is -2.34. The molecule has 0 aromatic heterocycles. The van der Waals surface area contributed by atoms with Gasteiger partial charge in [-0.05, 0) is 12.1 Å². The maximum absolute atomic E-state index is 12.6. The van der Waals surface area contributed by atoms with Gasteiger partial charge in [0.05, 0.1) is 11.4 Å². The molecule has 0 spiro atoms. The number of hydrogen-bond donors (Lipinski definition) is 1. The zero-order chi connectivity index (χ0) is 18.7. The van der Waals surface area contributed by atoms with Crippen molar-refractivity contribution in [1.29, 1.82) is 0 Å². The molecule has 8 heteroatoms. The third-order valence-electron chi connectivity index (χ3n) is 4.05. The number of hydrogen-bond acceptors (Lipinski definition) is 4. The number of piperazine rings is 1. The number of sulfonamides is 1. The van der Waals surface area contributed by atoms with Crippen LogP contribution in [0.15, 0.2) is 35.2 Å². The summed E-state index contributed by atoms with van der Waals surface area (Å²) in [6.07, 6.45) is 0. The van der Waals surface area contributed by atoms with Crippen LogP contribution in [0.3, 0.4) is 0 Å². The molecule has 25 heavy (non-hydrogen) atoms. The number of benzene rings is 1. The van der Waals surface area contributed by atoms with E-state index < -0.39 is 15.4 Å². The molecule has 1 fully saturated rings. The predicted molar refractivity (Wildman–Crippen MR) is 94.2 cm³/mol. The van der Waals surface area contributed by atoms with Crippen LogP contribution in [-0.4, -0.2) is 62.2 Å². The largest absolute Gasteiger partial charge is 0.347 e. The van der Waals surface area contributed by atoms with Crippen LogP contribution in [-0.2, 0) is 19.6 Å². The Kier molecular flexibility index (Phi) is 5.84. The Morgan fingerprint density at radius 2 is 1.60 bits per heavy atom. The van der Waals surface area contributed by atoms with E-state index in [9.17, 15) is 18.0 Å². The SMILES string of the molecule is CC(C)(C)C(=O)NCC(=O)N1CCN(S(=O)(=O)c2ccccc2)CC1. The molecule has 1 aromatic carbocycles. The molecule has 1 saturated heterocycles. The maximum atomic E-state index is 12.6. The number of nitrogens with one attached hydrogen (secondary N) is 1. The van der Waals surface area contributed by atoms with Gasteiger partial charge in [-0.3, -0.25) is 9.59 Å². The van der Waals surface area contributed by atoms with Gasteiger partial charge in [0.2, 0.25) is 21.8 Å². The summed E-state index contributed by atoms with van der Waals surface area (Å²) < 4.78 is 26.5. The van der Waals surface area contributed by atoms with Crippen molar-refractivity contribution < 1.29 is 18.0 Å². The summed E-state index contributed by atoms with van der Waals surface area (Å²) in [6, 6.07) is 8.26.